The van der Waals surface area contributed by atoms with Gasteiger partial charge in [-0.15, -0.1) is 22.7 Å². The van der Waals surface area contributed by atoms with Crippen LogP contribution in [0.15, 0.2) is 17.5 Å². The van der Waals surface area contributed by atoms with Crippen LogP contribution in [0.5, 0.6) is 0 Å². The molecule has 0 aliphatic heterocycles. The van der Waals surface area contributed by atoms with Crippen molar-refractivity contribution < 1.29 is 9.90 Å². The van der Waals surface area contributed by atoms with E-state index in [0.717, 1.165) is 10.6 Å². The molecule has 2 aromatic heterocycles. The van der Waals surface area contributed by atoms with Crippen LogP contribution in [0.2, 0.25) is 0 Å². The van der Waals surface area contributed by atoms with Crippen LogP contribution in [-0.4, -0.2) is 22.6 Å². The second-order valence-electron chi connectivity index (χ2n) is 3.69. The van der Waals surface area contributed by atoms with E-state index in [4.69, 9.17) is 5.11 Å². The molecule has 1 amide bonds. The molecule has 0 aliphatic rings. The third-order valence-electron chi connectivity index (χ3n) is 2.12. The van der Waals surface area contributed by atoms with E-state index in [0.29, 0.717) is 16.4 Å². The molecule has 0 aromatic carbocycles. The van der Waals surface area contributed by atoms with Crippen LogP contribution in [0, 0.1) is 18.8 Å². The van der Waals surface area contributed by atoms with Gasteiger partial charge in [-0.05, 0) is 19.1 Å². The van der Waals surface area contributed by atoms with E-state index in [1.54, 1.807) is 12.1 Å². The number of thiazole rings is 1. The smallest absolute Gasteiger partial charge is 0.267 e. The number of nitrogens with zero attached hydrogens (tertiary/aromatic N) is 1. The zero-order chi connectivity index (χ0) is 13.7. The van der Waals surface area contributed by atoms with Crippen LogP contribution in [0.25, 0.3) is 0 Å². The van der Waals surface area contributed by atoms with Gasteiger partial charge in [0.1, 0.15) is 0 Å². The average molecular weight is 292 g/mol. The van der Waals surface area contributed by atoms with Crippen molar-refractivity contribution in [3.8, 4) is 11.8 Å². The molecule has 0 saturated heterocycles. The van der Waals surface area contributed by atoms with Crippen molar-refractivity contribution >= 4 is 33.7 Å². The Hall–Kier alpha value is -1.68. The topological polar surface area (TPSA) is 62.2 Å². The summed E-state index contributed by atoms with van der Waals surface area (Å²) >= 11 is 2.73. The highest BCUT2D eigenvalue weighted by molar-refractivity contribution is 7.15. The third kappa shape index (κ3) is 3.89. The molecule has 2 N–H and O–H groups in total. The molecule has 0 atom stereocenters. The molecule has 0 saturated carbocycles. The summed E-state index contributed by atoms with van der Waals surface area (Å²) in [5.74, 6) is 5.56. The minimum absolute atomic E-state index is 0.0507. The summed E-state index contributed by atoms with van der Waals surface area (Å²) in [5, 5.41) is 13.9. The van der Waals surface area contributed by atoms with Crippen LogP contribution < -0.4 is 5.32 Å². The minimum atomic E-state index is -0.172. The maximum atomic E-state index is 11.9. The van der Waals surface area contributed by atoms with Crippen molar-refractivity contribution in [2.45, 2.75) is 13.3 Å². The van der Waals surface area contributed by atoms with Crippen molar-refractivity contribution in [1.29, 1.82) is 0 Å². The normalized spacial score (nSPS) is 9.79. The van der Waals surface area contributed by atoms with Gasteiger partial charge in [-0.1, -0.05) is 11.8 Å². The van der Waals surface area contributed by atoms with Gasteiger partial charge in [-0.25, -0.2) is 4.98 Å². The van der Waals surface area contributed by atoms with Gasteiger partial charge in [0.25, 0.3) is 5.91 Å². The van der Waals surface area contributed by atoms with Crippen molar-refractivity contribution in [3.63, 3.8) is 0 Å². The van der Waals surface area contributed by atoms with Gasteiger partial charge in [0.05, 0.1) is 22.1 Å². The molecule has 0 aliphatic carbocycles. The highest BCUT2D eigenvalue weighted by atomic mass is 32.1. The number of carbonyl (C=O) groups excluding carboxylic acids is 1. The van der Waals surface area contributed by atoms with Gasteiger partial charge in [0, 0.05) is 11.8 Å². The van der Waals surface area contributed by atoms with Crippen LogP contribution in [-0.2, 0) is 0 Å². The molecule has 19 heavy (non-hydrogen) atoms. The number of thiophene rings is 1. The molecule has 2 heterocycles. The van der Waals surface area contributed by atoms with E-state index in [2.05, 4.69) is 22.1 Å². The van der Waals surface area contributed by atoms with Crippen molar-refractivity contribution in [1.82, 2.24) is 4.98 Å². The zero-order valence-corrected chi connectivity index (χ0v) is 11.9. The number of amides is 1. The molecule has 0 radical (unpaired) electrons. The fourth-order valence-electron chi connectivity index (χ4n) is 1.30. The maximum Gasteiger partial charge on any atom is 0.267 e. The first-order valence-electron chi connectivity index (χ1n) is 5.62. The Balaban J connectivity index is 2.02. The highest BCUT2D eigenvalue weighted by Crippen LogP contribution is 2.19. The molecular weight excluding hydrogens is 280 g/mol. The number of carbonyl (C=O) groups is 1. The second kappa shape index (κ2) is 6.48. The van der Waals surface area contributed by atoms with Crippen molar-refractivity contribution in [2.75, 3.05) is 11.9 Å². The lowest BCUT2D eigenvalue weighted by Crippen LogP contribution is -2.09. The maximum absolute atomic E-state index is 11.9. The number of aliphatic hydroxyl groups excluding tert-OH is 1. The predicted octanol–water partition coefficient (Wildman–Crippen LogP) is 2.50. The van der Waals surface area contributed by atoms with Crippen molar-refractivity contribution in [2.24, 2.45) is 0 Å². The fraction of sp³-hybridized carbons (Fsp3) is 0.231. The van der Waals surface area contributed by atoms with Gasteiger partial charge in [-0.2, -0.15) is 0 Å². The first-order chi connectivity index (χ1) is 9.19. The number of aromatic nitrogens is 1. The average Bonchev–Trinajstić information content (AvgIpc) is 2.99. The molecule has 0 spiro atoms. The van der Waals surface area contributed by atoms with Gasteiger partial charge in [0.2, 0.25) is 0 Å². The number of rotatable bonds is 3. The van der Waals surface area contributed by atoms with E-state index >= 15 is 0 Å². The summed E-state index contributed by atoms with van der Waals surface area (Å²) in [6.07, 6.45) is 0.442. The number of hydrogen-bond acceptors (Lipinski definition) is 5. The largest absolute Gasteiger partial charge is 0.395 e. The lowest BCUT2D eigenvalue weighted by atomic mass is 10.4. The number of hydrogen-bond donors (Lipinski definition) is 2. The Morgan fingerprint density at radius 2 is 2.37 bits per heavy atom. The van der Waals surface area contributed by atoms with E-state index in [9.17, 15) is 4.79 Å². The lowest BCUT2D eigenvalue weighted by molar-refractivity contribution is 0.103. The van der Waals surface area contributed by atoms with Gasteiger partial charge < -0.3 is 5.11 Å². The van der Waals surface area contributed by atoms with E-state index in [-0.39, 0.29) is 12.5 Å². The molecule has 0 bridgehead atoms. The molecule has 6 heteroatoms. The monoisotopic (exact) mass is 292 g/mol. The summed E-state index contributed by atoms with van der Waals surface area (Å²) in [5.41, 5.74) is 0.891. The summed E-state index contributed by atoms with van der Waals surface area (Å²) in [7, 11) is 0. The summed E-state index contributed by atoms with van der Waals surface area (Å²) in [4.78, 5) is 17.5. The van der Waals surface area contributed by atoms with Crippen LogP contribution in [0.1, 0.15) is 26.7 Å². The van der Waals surface area contributed by atoms with E-state index in [1.807, 2.05) is 12.3 Å². The van der Waals surface area contributed by atoms with Crippen LogP contribution in [0.4, 0.5) is 5.13 Å². The molecule has 98 valence electrons. The molecule has 0 fully saturated rings. The number of aliphatic hydroxyl groups is 1. The fourth-order valence-corrected chi connectivity index (χ4v) is 2.76. The molecule has 4 nitrogen and oxygen atoms in total. The minimum Gasteiger partial charge on any atom is -0.395 e. The van der Waals surface area contributed by atoms with Crippen LogP contribution in [0.3, 0.4) is 0 Å². The Bertz CT molecular complexity index is 634. The van der Waals surface area contributed by atoms with E-state index < -0.39 is 0 Å². The van der Waals surface area contributed by atoms with Crippen molar-refractivity contribution in [3.05, 3.63) is 33.0 Å². The molecule has 2 aromatic rings. The zero-order valence-electron chi connectivity index (χ0n) is 10.3. The quantitative estimate of drug-likeness (QED) is 0.854. The standard InChI is InChI=1S/C13H12N2O2S2/c1-9-8-18-13(14-9)15-12(17)11-6-5-10(19-11)4-2-3-7-16/h5-6,8,16H,3,7H2,1H3,(H,14,15,17). The SMILES string of the molecule is Cc1csc(NC(=O)c2ccc(C#CCCO)s2)n1. The lowest BCUT2D eigenvalue weighted by Gasteiger charge is -1.97. The molecule has 2 rings (SSSR count). The van der Waals surface area contributed by atoms with Gasteiger partial charge in [0.15, 0.2) is 5.13 Å². The first kappa shape index (κ1) is 13.7. The van der Waals surface area contributed by atoms with E-state index in [1.165, 1.54) is 22.7 Å². The number of nitrogens with one attached hydrogen (secondary N) is 1. The summed E-state index contributed by atoms with van der Waals surface area (Å²) in [6.45, 7) is 1.93. The third-order valence-corrected chi connectivity index (χ3v) is 3.99. The summed E-state index contributed by atoms with van der Waals surface area (Å²) in [6, 6.07) is 3.54. The van der Waals surface area contributed by atoms with Gasteiger partial charge in [-0.3, -0.25) is 10.1 Å². The Morgan fingerprint density at radius 3 is 3.05 bits per heavy atom. The number of aryl methyl sites for hydroxylation is 1. The van der Waals surface area contributed by atoms with Crippen LogP contribution >= 0.6 is 22.7 Å². The first-order valence-corrected chi connectivity index (χ1v) is 7.31. The summed E-state index contributed by atoms with van der Waals surface area (Å²) < 4.78 is 0. The Morgan fingerprint density at radius 1 is 1.53 bits per heavy atom. The van der Waals surface area contributed by atoms with Gasteiger partial charge >= 0.3 is 0 Å². The Labute approximate surface area is 119 Å². The Kier molecular flexibility index (Phi) is 4.68. The highest BCUT2D eigenvalue weighted by Gasteiger charge is 2.10. The molecular formula is C13H12N2O2S2. The number of anilines is 1. The molecule has 0 unspecified atom stereocenters. The second-order valence-corrected chi connectivity index (χ2v) is 5.63. The predicted molar refractivity (Wildman–Crippen MR) is 77.7 cm³/mol.